The van der Waals surface area contributed by atoms with Crippen molar-refractivity contribution in [3.05, 3.63) is 76.1 Å². The maximum atomic E-state index is 12.7. The molecule has 2 heterocycles. The van der Waals surface area contributed by atoms with Crippen molar-refractivity contribution in [2.45, 2.75) is 0 Å². The summed E-state index contributed by atoms with van der Waals surface area (Å²) in [6.45, 7) is -0.468. The number of hydrogen-bond acceptors (Lipinski definition) is 5. The van der Waals surface area contributed by atoms with E-state index >= 15 is 0 Å². The number of rotatable bonds is 6. The zero-order valence-electron chi connectivity index (χ0n) is 17.2. The summed E-state index contributed by atoms with van der Waals surface area (Å²) < 4.78 is 10.9. The molecular weight excluding hydrogens is 469 g/mol. The number of furan rings is 1. The number of imide groups is 1. The number of urea groups is 1. The third-order valence-corrected chi connectivity index (χ3v) is 5.30. The Hall–Kier alpha value is -3.75. The Kier molecular flexibility index (Phi) is 6.39. The molecule has 2 N–H and O–H groups in total. The van der Waals surface area contributed by atoms with Gasteiger partial charge < -0.3 is 19.8 Å². The zero-order valence-corrected chi connectivity index (χ0v) is 18.7. The molecule has 1 aliphatic rings. The Morgan fingerprint density at radius 3 is 2.70 bits per heavy atom. The minimum absolute atomic E-state index is 0.0202. The largest absolute Gasteiger partial charge is 0.495 e. The number of methoxy groups -OCH3 is 1. The molecule has 10 heteroatoms. The first-order chi connectivity index (χ1) is 15.9. The van der Waals surface area contributed by atoms with Crippen LogP contribution in [-0.2, 0) is 9.59 Å². The van der Waals surface area contributed by atoms with E-state index in [1.807, 2.05) is 0 Å². The number of hydrogen-bond donors (Lipinski definition) is 2. The number of amides is 4. The van der Waals surface area contributed by atoms with Gasteiger partial charge in [0.15, 0.2) is 0 Å². The number of nitrogens with one attached hydrogen (secondary N) is 2. The predicted octanol–water partition coefficient (Wildman–Crippen LogP) is 4.79. The number of halogens is 2. The first-order valence-electron chi connectivity index (χ1n) is 9.68. The van der Waals surface area contributed by atoms with Crippen LogP contribution in [0, 0.1) is 0 Å². The van der Waals surface area contributed by atoms with Gasteiger partial charge in [0.05, 0.1) is 17.8 Å². The fraction of sp³-hybridized carbons (Fsp3) is 0.0870. The Bertz CT molecular complexity index is 1280. The number of ether oxygens (including phenoxy) is 1. The standard InChI is InChI=1S/C23H17Cl2N3O5/c1-32-20-5-3-2-4-17(20)26-21(29)12-28-22(30)18(27-23(28)31)11-14-7-9-19(33-14)15-8-6-13(24)10-16(15)25/h2-11H,12H2,1H3,(H,26,29)(H,27,31)/b18-11-. The highest BCUT2D eigenvalue weighted by Crippen LogP contribution is 2.32. The second kappa shape index (κ2) is 9.40. The molecule has 1 aliphatic heterocycles. The van der Waals surface area contributed by atoms with Crippen molar-refractivity contribution in [3.63, 3.8) is 0 Å². The van der Waals surface area contributed by atoms with Gasteiger partial charge in [-0.1, -0.05) is 35.3 Å². The van der Waals surface area contributed by atoms with Crippen molar-refractivity contribution in [2.75, 3.05) is 19.0 Å². The van der Waals surface area contributed by atoms with Gasteiger partial charge in [0, 0.05) is 16.7 Å². The van der Waals surface area contributed by atoms with E-state index in [1.54, 1.807) is 54.6 Å². The van der Waals surface area contributed by atoms with E-state index in [9.17, 15) is 14.4 Å². The first-order valence-corrected chi connectivity index (χ1v) is 10.4. The normalized spacial score (nSPS) is 14.5. The van der Waals surface area contributed by atoms with Crippen molar-refractivity contribution in [2.24, 2.45) is 0 Å². The van der Waals surface area contributed by atoms with E-state index in [2.05, 4.69) is 10.6 Å². The molecule has 3 aromatic rings. The average molecular weight is 486 g/mol. The van der Waals surface area contributed by atoms with Crippen LogP contribution in [0.4, 0.5) is 10.5 Å². The highest BCUT2D eigenvalue weighted by Gasteiger charge is 2.35. The molecule has 0 unspecified atom stereocenters. The summed E-state index contributed by atoms with van der Waals surface area (Å²) in [6, 6.07) is 14.4. The lowest BCUT2D eigenvalue weighted by molar-refractivity contribution is -0.127. The van der Waals surface area contributed by atoms with Crippen molar-refractivity contribution in [1.29, 1.82) is 0 Å². The molecule has 0 atom stereocenters. The van der Waals surface area contributed by atoms with Crippen LogP contribution in [0.1, 0.15) is 5.76 Å². The van der Waals surface area contributed by atoms with Crippen LogP contribution in [-0.4, -0.2) is 36.4 Å². The van der Waals surface area contributed by atoms with Gasteiger partial charge in [-0.25, -0.2) is 9.69 Å². The van der Waals surface area contributed by atoms with Crippen LogP contribution in [0.5, 0.6) is 5.75 Å². The van der Waals surface area contributed by atoms with E-state index in [1.165, 1.54) is 13.2 Å². The monoisotopic (exact) mass is 485 g/mol. The highest BCUT2D eigenvalue weighted by molar-refractivity contribution is 6.36. The summed E-state index contributed by atoms with van der Waals surface area (Å²) in [7, 11) is 1.47. The van der Waals surface area contributed by atoms with Crippen molar-refractivity contribution >= 4 is 52.8 Å². The molecule has 4 rings (SSSR count). The summed E-state index contributed by atoms with van der Waals surface area (Å²) in [5.41, 5.74) is 1.03. The molecule has 8 nitrogen and oxygen atoms in total. The van der Waals surface area contributed by atoms with Gasteiger partial charge in [0.1, 0.15) is 29.5 Å². The van der Waals surface area contributed by atoms with Gasteiger partial charge >= 0.3 is 6.03 Å². The molecule has 2 aromatic carbocycles. The van der Waals surface area contributed by atoms with Crippen molar-refractivity contribution < 1.29 is 23.5 Å². The Morgan fingerprint density at radius 2 is 1.94 bits per heavy atom. The van der Waals surface area contributed by atoms with Crippen LogP contribution >= 0.6 is 23.2 Å². The molecule has 1 aromatic heterocycles. The fourth-order valence-electron chi connectivity index (χ4n) is 3.20. The molecule has 1 fully saturated rings. The topological polar surface area (TPSA) is 101 Å². The highest BCUT2D eigenvalue weighted by atomic mass is 35.5. The molecule has 1 saturated heterocycles. The van der Waals surface area contributed by atoms with E-state index in [0.29, 0.717) is 38.6 Å². The minimum Gasteiger partial charge on any atom is -0.495 e. The average Bonchev–Trinajstić information content (AvgIpc) is 3.34. The van der Waals surface area contributed by atoms with Gasteiger partial charge in [-0.15, -0.1) is 0 Å². The Labute approximate surface area is 198 Å². The van der Waals surface area contributed by atoms with Crippen LogP contribution in [0.25, 0.3) is 17.4 Å². The van der Waals surface area contributed by atoms with E-state index in [4.69, 9.17) is 32.4 Å². The molecule has 0 radical (unpaired) electrons. The minimum atomic E-state index is -0.714. The quantitative estimate of drug-likeness (QED) is 0.386. The third kappa shape index (κ3) is 4.87. The zero-order chi connectivity index (χ0) is 23.5. The lowest BCUT2D eigenvalue weighted by Gasteiger charge is -2.13. The summed E-state index contributed by atoms with van der Waals surface area (Å²) >= 11 is 12.1. The number of anilines is 1. The summed E-state index contributed by atoms with van der Waals surface area (Å²) in [6.07, 6.45) is 1.38. The maximum absolute atomic E-state index is 12.7. The maximum Gasteiger partial charge on any atom is 0.329 e. The second-order valence-electron chi connectivity index (χ2n) is 6.95. The van der Waals surface area contributed by atoms with Crippen LogP contribution < -0.4 is 15.4 Å². The molecule has 0 aliphatic carbocycles. The Morgan fingerprint density at radius 1 is 1.15 bits per heavy atom. The van der Waals surface area contributed by atoms with Crippen molar-refractivity contribution in [1.82, 2.24) is 10.2 Å². The predicted molar refractivity (Wildman–Crippen MR) is 124 cm³/mol. The smallest absolute Gasteiger partial charge is 0.329 e. The molecule has 4 amide bonds. The van der Waals surface area contributed by atoms with Crippen LogP contribution in [0.15, 0.2) is 64.7 Å². The molecule has 0 bridgehead atoms. The summed E-state index contributed by atoms with van der Waals surface area (Å²) in [4.78, 5) is 38.2. The lowest BCUT2D eigenvalue weighted by Crippen LogP contribution is -2.38. The number of carbonyl (C=O) groups excluding carboxylic acids is 3. The molecule has 168 valence electrons. The number of para-hydroxylation sites is 2. The van der Waals surface area contributed by atoms with Crippen LogP contribution in [0.3, 0.4) is 0 Å². The van der Waals surface area contributed by atoms with Crippen molar-refractivity contribution in [3.8, 4) is 17.1 Å². The van der Waals surface area contributed by atoms with E-state index < -0.39 is 24.4 Å². The van der Waals surface area contributed by atoms with Gasteiger partial charge in [0.25, 0.3) is 5.91 Å². The van der Waals surface area contributed by atoms with Gasteiger partial charge in [-0.2, -0.15) is 0 Å². The second-order valence-corrected chi connectivity index (χ2v) is 7.80. The number of nitrogens with zero attached hydrogens (tertiary/aromatic N) is 1. The van der Waals surface area contributed by atoms with Gasteiger partial charge in [0.2, 0.25) is 5.91 Å². The lowest BCUT2D eigenvalue weighted by atomic mass is 10.2. The molecule has 0 saturated carbocycles. The summed E-state index contributed by atoms with van der Waals surface area (Å²) in [5.74, 6) is 0.0333. The fourth-order valence-corrected chi connectivity index (χ4v) is 3.70. The molecule has 0 spiro atoms. The molecular formula is C23H17Cl2N3O5. The first kappa shape index (κ1) is 22.4. The van der Waals surface area contributed by atoms with Crippen LogP contribution in [0.2, 0.25) is 10.0 Å². The Balaban J connectivity index is 1.47. The van der Waals surface area contributed by atoms with Gasteiger partial charge in [-0.3, -0.25) is 9.59 Å². The van der Waals surface area contributed by atoms with Gasteiger partial charge in [-0.05, 0) is 42.5 Å². The number of carbonyl (C=O) groups is 3. The van der Waals surface area contributed by atoms with E-state index in [-0.39, 0.29) is 5.70 Å². The van der Waals surface area contributed by atoms with E-state index in [0.717, 1.165) is 4.90 Å². The number of benzene rings is 2. The third-order valence-electron chi connectivity index (χ3n) is 4.76. The SMILES string of the molecule is COc1ccccc1NC(=O)CN1C(=O)N/C(=C\c2ccc(-c3ccc(Cl)cc3Cl)o2)C1=O. The summed E-state index contributed by atoms with van der Waals surface area (Å²) in [5, 5.41) is 5.98. The molecule has 33 heavy (non-hydrogen) atoms.